The van der Waals surface area contributed by atoms with Crippen molar-refractivity contribution in [1.29, 1.82) is 0 Å². The molecule has 0 aromatic rings. The highest BCUT2D eigenvalue weighted by Crippen LogP contribution is 2.14. The van der Waals surface area contributed by atoms with E-state index in [2.05, 4.69) is 18.7 Å². The van der Waals surface area contributed by atoms with Gasteiger partial charge in [-0.1, -0.05) is 181 Å². The van der Waals surface area contributed by atoms with E-state index in [-0.39, 0.29) is 13.2 Å². The molecule has 0 spiro atoms. The van der Waals surface area contributed by atoms with E-state index in [4.69, 9.17) is 15.3 Å². The van der Waals surface area contributed by atoms with Crippen molar-refractivity contribution in [3.63, 3.8) is 0 Å². The molecule has 0 atom stereocenters. The van der Waals surface area contributed by atoms with E-state index in [1.54, 1.807) is 0 Å². The zero-order valence-corrected chi connectivity index (χ0v) is 28.7. The minimum Gasteiger partial charge on any atom is -0.481 e. The number of hydrogen-bond donors (Lipinski definition) is 3. The standard InChI is InChI=1S/C19H38O2.C18H39NO2/c1-2-3-4-5-6-7-8-9-10-11-12-13-14-15-16-17-18-19(20)21;1-2-3-4-5-6-7-8-9-10-11-12-13-14-19(15-17-20)16-18-21/h2-18H2,1H3,(H,20,21);20-21H,2-18H2,1H3. The number of carboxylic acid groups (broad SMARTS) is 1. The van der Waals surface area contributed by atoms with Crippen LogP contribution in [0.3, 0.4) is 0 Å². The summed E-state index contributed by atoms with van der Waals surface area (Å²) < 4.78 is 0. The number of aliphatic carboxylic acids is 1. The number of carbonyl (C=O) groups is 1. The fourth-order valence-electron chi connectivity index (χ4n) is 5.62. The van der Waals surface area contributed by atoms with Gasteiger partial charge < -0.3 is 15.3 Å². The van der Waals surface area contributed by atoms with Crippen molar-refractivity contribution in [2.75, 3.05) is 32.8 Å². The van der Waals surface area contributed by atoms with Gasteiger partial charge in [0.05, 0.1) is 13.2 Å². The Hall–Kier alpha value is -0.650. The van der Waals surface area contributed by atoms with Gasteiger partial charge in [0, 0.05) is 19.5 Å². The molecule has 0 unspecified atom stereocenters. The summed E-state index contributed by atoms with van der Waals surface area (Å²) in [6, 6.07) is 0. The van der Waals surface area contributed by atoms with E-state index in [0.717, 1.165) is 19.4 Å². The Balaban J connectivity index is 0. The van der Waals surface area contributed by atoms with Crippen LogP contribution in [-0.4, -0.2) is 59.0 Å². The first-order valence-electron chi connectivity index (χ1n) is 18.8. The molecule has 0 heterocycles. The maximum atomic E-state index is 10.3. The Morgan fingerprint density at radius 2 is 0.667 bits per heavy atom. The van der Waals surface area contributed by atoms with Gasteiger partial charge in [-0.2, -0.15) is 0 Å². The molecule has 0 amide bonds. The van der Waals surface area contributed by atoms with E-state index in [1.807, 2.05) is 0 Å². The van der Waals surface area contributed by atoms with E-state index in [1.165, 1.54) is 167 Å². The molecular weight excluding hydrogens is 522 g/mol. The molecule has 254 valence electrons. The lowest BCUT2D eigenvalue weighted by Gasteiger charge is -2.19. The average Bonchev–Trinajstić information content (AvgIpc) is 2.98. The van der Waals surface area contributed by atoms with Crippen molar-refractivity contribution in [3.05, 3.63) is 0 Å². The molecule has 0 radical (unpaired) electrons. The Bertz CT molecular complexity index is 482. The van der Waals surface area contributed by atoms with Crippen molar-refractivity contribution < 1.29 is 20.1 Å². The molecule has 42 heavy (non-hydrogen) atoms. The Morgan fingerprint density at radius 1 is 0.405 bits per heavy atom. The summed E-state index contributed by atoms with van der Waals surface area (Å²) in [5.74, 6) is -0.652. The van der Waals surface area contributed by atoms with Gasteiger partial charge in [0.25, 0.3) is 0 Å². The molecule has 0 bridgehead atoms. The van der Waals surface area contributed by atoms with Gasteiger partial charge in [-0.15, -0.1) is 0 Å². The molecular formula is C37H77NO4. The van der Waals surface area contributed by atoms with Crippen LogP contribution in [0.4, 0.5) is 0 Å². The van der Waals surface area contributed by atoms with Crippen LogP contribution in [0.2, 0.25) is 0 Å². The zero-order valence-electron chi connectivity index (χ0n) is 28.7. The first-order valence-corrected chi connectivity index (χ1v) is 18.8. The molecule has 0 saturated heterocycles. The lowest BCUT2D eigenvalue weighted by Crippen LogP contribution is -2.30. The predicted octanol–water partition coefficient (Wildman–Crippen LogP) is 10.7. The van der Waals surface area contributed by atoms with Gasteiger partial charge in [-0.25, -0.2) is 0 Å². The van der Waals surface area contributed by atoms with Gasteiger partial charge in [-0.05, 0) is 19.4 Å². The first-order chi connectivity index (χ1) is 20.6. The minimum absolute atomic E-state index is 0.193. The number of carboxylic acids is 1. The second-order valence-electron chi connectivity index (χ2n) is 12.6. The molecule has 0 aliphatic heterocycles. The predicted molar refractivity (Wildman–Crippen MR) is 183 cm³/mol. The van der Waals surface area contributed by atoms with E-state index in [9.17, 15) is 4.79 Å². The van der Waals surface area contributed by atoms with Crippen LogP contribution in [0.1, 0.15) is 200 Å². The molecule has 0 aliphatic carbocycles. The van der Waals surface area contributed by atoms with Crippen LogP contribution in [-0.2, 0) is 4.79 Å². The quantitative estimate of drug-likeness (QED) is 0.0641. The number of unbranched alkanes of at least 4 members (excludes halogenated alkanes) is 26. The van der Waals surface area contributed by atoms with Crippen molar-refractivity contribution in [1.82, 2.24) is 4.90 Å². The van der Waals surface area contributed by atoms with E-state index in [0.29, 0.717) is 19.5 Å². The lowest BCUT2D eigenvalue weighted by molar-refractivity contribution is -0.137. The fraction of sp³-hybridized carbons (Fsp3) is 0.973. The second kappa shape index (κ2) is 40.4. The summed E-state index contributed by atoms with van der Waals surface area (Å²) in [5, 5.41) is 26.4. The molecule has 5 nitrogen and oxygen atoms in total. The molecule has 0 aromatic carbocycles. The molecule has 5 heteroatoms. The normalized spacial score (nSPS) is 11.2. The number of hydrogen-bond acceptors (Lipinski definition) is 4. The van der Waals surface area contributed by atoms with Crippen LogP contribution in [0, 0.1) is 0 Å². The molecule has 0 rings (SSSR count). The zero-order chi connectivity index (χ0) is 31.2. The summed E-state index contributed by atoms with van der Waals surface area (Å²) in [6.07, 6.45) is 38.1. The molecule has 0 aliphatic rings. The molecule has 0 saturated carbocycles. The SMILES string of the molecule is CCCCCCCCCCCCCCCCCCC(=O)O.CCCCCCCCCCCCCCN(CCO)CCO. The maximum Gasteiger partial charge on any atom is 0.303 e. The van der Waals surface area contributed by atoms with Crippen LogP contribution in [0.5, 0.6) is 0 Å². The number of aliphatic hydroxyl groups excluding tert-OH is 2. The first kappa shape index (κ1) is 43.5. The maximum absolute atomic E-state index is 10.3. The third kappa shape index (κ3) is 41.5. The molecule has 0 fully saturated rings. The van der Waals surface area contributed by atoms with Crippen molar-refractivity contribution in [3.8, 4) is 0 Å². The van der Waals surface area contributed by atoms with Crippen molar-refractivity contribution >= 4 is 5.97 Å². The summed E-state index contributed by atoms with van der Waals surface area (Å²) in [7, 11) is 0. The third-order valence-electron chi connectivity index (χ3n) is 8.40. The highest BCUT2D eigenvalue weighted by atomic mass is 16.4. The van der Waals surface area contributed by atoms with Gasteiger partial charge in [0.15, 0.2) is 0 Å². The lowest BCUT2D eigenvalue weighted by atomic mass is 10.0. The molecule has 3 N–H and O–H groups in total. The topological polar surface area (TPSA) is 81.0 Å². The Kier molecular flexibility index (Phi) is 41.8. The van der Waals surface area contributed by atoms with Gasteiger partial charge >= 0.3 is 5.97 Å². The minimum atomic E-state index is -0.652. The van der Waals surface area contributed by atoms with Crippen LogP contribution in [0.25, 0.3) is 0 Å². The summed E-state index contributed by atoms with van der Waals surface area (Å²) >= 11 is 0. The van der Waals surface area contributed by atoms with Crippen molar-refractivity contribution in [2.45, 2.75) is 200 Å². The Morgan fingerprint density at radius 3 is 0.929 bits per heavy atom. The number of rotatable bonds is 34. The monoisotopic (exact) mass is 600 g/mol. The van der Waals surface area contributed by atoms with Crippen LogP contribution < -0.4 is 0 Å². The average molecular weight is 600 g/mol. The van der Waals surface area contributed by atoms with E-state index < -0.39 is 5.97 Å². The van der Waals surface area contributed by atoms with E-state index >= 15 is 0 Å². The second-order valence-corrected chi connectivity index (χ2v) is 12.6. The highest BCUT2D eigenvalue weighted by Gasteiger charge is 2.02. The number of nitrogens with zero attached hydrogens (tertiary/aromatic N) is 1. The summed E-state index contributed by atoms with van der Waals surface area (Å²) in [5.41, 5.74) is 0. The van der Waals surface area contributed by atoms with Crippen LogP contribution >= 0.6 is 0 Å². The fourth-order valence-corrected chi connectivity index (χ4v) is 5.62. The van der Waals surface area contributed by atoms with Gasteiger partial charge in [-0.3, -0.25) is 9.69 Å². The van der Waals surface area contributed by atoms with Gasteiger partial charge in [0.2, 0.25) is 0 Å². The third-order valence-corrected chi connectivity index (χ3v) is 8.40. The van der Waals surface area contributed by atoms with Crippen LogP contribution in [0.15, 0.2) is 0 Å². The summed E-state index contributed by atoms with van der Waals surface area (Å²) in [6.45, 7) is 7.33. The molecule has 0 aromatic heterocycles. The van der Waals surface area contributed by atoms with Crippen molar-refractivity contribution in [2.24, 2.45) is 0 Å². The Labute approximate surface area is 263 Å². The number of aliphatic hydroxyl groups is 2. The smallest absolute Gasteiger partial charge is 0.303 e. The summed E-state index contributed by atoms with van der Waals surface area (Å²) in [4.78, 5) is 12.5. The largest absolute Gasteiger partial charge is 0.481 e. The van der Waals surface area contributed by atoms with Gasteiger partial charge in [0.1, 0.15) is 0 Å². The highest BCUT2D eigenvalue weighted by molar-refractivity contribution is 5.66.